The van der Waals surface area contributed by atoms with Crippen molar-refractivity contribution in [3.8, 4) is 0 Å². The Morgan fingerprint density at radius 2 is 2.21 bits per heavy atom. The van der Waals surface area contributed by atoms with Crippen LogP contribution < -0.4 is 9.62 Å². The van der Waals surface area contributed by atoms with Gasteiger partial charge in [0.25, 0.3) is 0 Å². The first kappa shape index (κ1) is 14.0. The Balaban J connectivity index is 2.31. The second-order valence-corrected chi connectivity index (χ2v) is 6.10. The number of hydrogen-bond acceptors (Lipinski definition) is 4. The highest BCUT2D eigenvalue weighted by atomic mass is 32.2. The second kappa shape index (κ2) is 5.28. The first-order valence-corrected chi connectivity index (χ1v) is 7.45. The lowest BCUT2D eigenvalue weighted by atomic mass is 10.2. The third kappa shape index (κ3) is 2.78. The molecule has 0 spiro atoms. The number of carbonyl (C=O) groups is 1. The number of sulfonamides is 1. The van der Waals surface area contributed by atoms with Gasteiger partial charge < -0.3 is 10.0 Å². The average molecular weight is 284 g/mol. The Labute approximate surface area is 112 Å². The number of benzene rings is 1. The molecule has 2 rings (SSSR count). The van der Waals surface area contributed by atoms with Crippen LogP contribution in [0.25, 0.3) is 0 Å². The summed E-state index contributed by atoms with van der Waals surface area (Å²) in [6.45, 7) is 1.81. The molecule has 0 aromatic heterocycles. The molecule has 1 aromatic carbocycles. The van der Waals surface area contributed by atoms with Crippen LogP contribution in [0.15, 0.2) is 23.1 Å². The molecule has 1 aromatic rings. The zero-order valence-electron chi connectivity index (χ0n) is 10.6. The van der Waals surface area contributed by atoms with Gasteiger partial charge in [-0.15, -0.1) is 0 Å². The minimum atomic E-state index is -3.60. The van der Waals surface area contributed by atoms with Crippen molar-refractivity contribution < 1.29 is 18.3 Å². The lowest BCUT2D eigenvalue weighted by Gasteiger charge is -2.15. The van der Waals surface area contributed by atoms with Crippen molar-refractivity contribution in [2.24, 2.45) is 0 Å². The van der Waals surface area contributed by atoms with Crippen LogP contribution in [-0.4, -0.2) is 39.1 Å². The van der Waals surface area contributed by atoms with Gasteiger partial charge in [-0.3, -0.25) is 4.79 Å². The summed E-state index contributed by atoms with van der Waals surface area (Å²) in [5.41, 5.74) is 1.62. The van der Waals surface area contributed by atoms with E-state index in [4.69, 9.17) is 5.11 Å². The molecule has 0 fully saturated rings. The Morgan fingerprint density at radius 1 is 1.47 bits per heavy atom. The molecule has 104 valence electrons. The maximum absolute atomic E-state index is 11.9. The van der Waals surface area contributed by atoms with Crippen LogP contribution in [0.2, 0.25) is 0 Å². The van der Waals surface area contributed by atoms with Crippen LogP contribution in [-0.2, 0) is 21.2 Å². The SMILES string of the molecule is CC(=O)N1CCc2cc(S(=O)(=O)NCCO)ccc21. The minimum Gasteiger partial charge on any atom is -0.395 e. The summed E-state index contributed by atoms with van der Waals surface area (Å²) in [4.78, 5) is 13.2. The highest BCUT2D eigenvalue weighted by molar-refractivity contribution is 7.89. The fraction of sp³-hybridized carbons (Fsp3) is 0.417. The molecule has 1 heterocycles. The Bertz CT molecular complexity index is 598. The van der Waals surface area contributed by atoms with Gasteiger partial charge in [0.2, 0.25) is 15.9 Å². The Kier molecular flexibility index (Phi) is 3.88. The fourth-order valence-corrected chi connectivity index (χ4v) is 3.21. The van der Waals surface area contributed by atoms with Crippen LogP contribution in [0.5, 0.6) is 0 Å². The number of nitrogens with one attached hydrogen (secondary N) is 1. The van der Waals surface area contributed by atoms with Crippen molar-refractivity contribution in [2.45, 2.75) is 18.2 Å². The normalized spacial score (nSPS) is 14.5. The third-order valence-corrected chi connectivity index (χ3v) is 4.50. The molecule has 0 atom stereocenters. The lowest BCUT2D eigenvalue weighted by molar-refractivity contribution is -0.116. The number of anilines is 1. The van der Waals surface area contributed by atoms with Gasteiger partial charge >= 0.3 is 0 Å². The van der Waals surface area contributed by atoms with Crippen molar-refractivity contribution in [3.05, 3.63) is 23.8 Å². The van der Waals surface area contributed by atoms with E-state index in [1.807, 2.05) is 0 Å². The number of carbonyl (C=O) groups excluding carboxylic acids is 1. The standard InChI is InChI=1S/C12H16N2O4S/c1-9(16)14-6-4-10-8-11(2-3-12(10)14)19(17,18)13-5-7-15/h2-3,8,13,15H,4-7H2,1H3. The third-order valence-electron chi connectivity index (χ3n) is 3.04. The van der Waals surface area contributed by atoms with E-state index in [1.165, 1.54) is 13.0 Å². The predicted molar refractivity (Wildman–Crippen MR) is 70.4 cm³/mol. The summed E-state index contributed by atoms with van der Waals surface area (Å²) < 4.78 is 26.1. The van der Waals surface area contributed by atoms with Crippen molar-refractivity contribution in [2.75, 3.05) is 24.6 Å². The zero-order valence-corrected chi connectivity index (χ0v) is 11.4. The molecule has 0 aliphatic carbocycles. The summed E-state index contributed by atoms with van der Waals surface area (Å²) >= 11 is 0. The van der Waals surface area contributed by atoms with Gasteiger partial charge in [0.15, 0.2) is 0 Å². The molecule has 1 aliphatic rings. The maximum Gasteiger partial charge on any atom is 0.240 e. The second-order valence-electron chi connectivity index (χ2n) is 4.33. The number of aliphatic hydroxyl groups excluding tert-OH is 1. The molecule has 0 radical (unpaired) electrons. The maximum atomic E-state index is 11.9. The average Bonchev–Trinajstić information content (AvgIpc) is 2.79. The van der Waals surface area contributed by atoms with Crippen molar-refractivity contribution in [1.82, 2.24) is 4.72 Å². The van der Waals surface area contributed by atoms with Gasteiger partial charge in [-0.2, -0.15) is 0 Å². The molecular weight excluding hydrogens is 268 g/mol. The summed E-state index contributed by atoms with van der Waals surface area (Å²) in [6, 6.07) is 4.70. The molecule has 0 bridgehead atoms. The number of fused-ring (bicyclic) bond motifs is 1. The van der Waals surface area contributed by atoms with Gasteiger partial charge in [0.05, 0.1) is 11.5 Å². The molecule has 0 unspecified atom stereocenters. The lowest BCUT2D eigenvalue weighted by Crippen LogP contribution is -2.27. The quantitative estimate of drug-likeness (QED) is 0.806. The van der Waals surface area contributed by atoms with Gasteiger partial charge in [-0.25, -0.2) is 13.1 Å². The highest BCUT2D eigenvalue weighted by Gasteiger charge is 2.24. The van der Waals surface area contributed by atoms with Gasteiger partial charge in [0, 0.05) is 25.7 Å². The zero-order chi connectivity index (χ0) is 14.0. The fourth-order valence-electron chi connectivity index (χ4n) is 2.14. The van der Waals surface area contributed by atoms with E-state index in [0.29, 0.717) is 13.0 Å². The molecule has 7 heteroatoms. The summed E-state index contributed by atoms with van der Waals surface area (Å²) in [6.07, 6.45) is 0.651. The van der Waals surface area contributed by atoms with E-state index in [2.05, 4.69) is 4.72 Å². The number of hydrogen-bond donors (Lipinski definition) is 2. The van der Waals surface area contributed by atoms with Crippen LogP contribution in [0, 0.1) is 0 Å². The van der Waals surface area contributed by atoms with E-state index in [9.17, 15) is 13.2 Å². The molecule has 0 saturated heterocycles. The van der Waals surface area contributed by atoms with Crippen molar-refractivity contribution >= 4 is 21.6 Å². The van der Waals surface area contributed by atoms with Crippen LogP contribution in [0.1, 0.15) is 12.5 Å². The van der Waals surface area contributed by atoms with Crippen LogP contribution >= 0.6 is 0 Å². The van der Waals surface area contributed by atoms with Crippen LogP contribution in [0.4, 0.5) is 5.69 Å². The predicted octanol–water partition coefficient (Wildman–Crippen LogP) is -0.134. The van der Waals surface area contributed by atoms with E-state index >= 15 is 0 Å². The van der Waals surface area contributed by atoms with Crippen molar-refractivity contribution in [3.63, 3.8) is 0 Å². The minimum absolute atomic E-state index is 0.0149. The molecular formula is C12H16N2O4S. The molecule has 19 heavy (non-hydrogen) atoms. The smallest absolute Gasteiger partial charge is 0.240 e. The summed E-state index contributed by atoms with van der Waals surface area (Å²) in [7, 11) is -3.60. The van der Waals surface area contributed by atoms with Gasteiger partial charge in [-0.05, 0) is 30.2 Å². The van der Waals surface area contributed by atoms with Crippen LogP contribution in [0.3, 0.4) is 0 Å². The molecule has 0 saturated carbocycles. The largest absolute Gasteiger partial charge is 0.395 e. The Hall–Kier alpha value is -1.44. The number of rotatable bonds is 4. The molecule has 1 amide bonds. The van der Waals surface area contributed by atoms with E-state index in [0.717, 1.165) is 11.3 Å². The van der Waals surface area contributed by atoms with Gasteiger partial charge in [0.1, 0.15) is 0 Å². The monoisotopic (exact) mass is 284 g/mol. The van der Waals surface area contributed by atoms with E-state index in [-0.39, 0.29) is 24.0 Å². The topological polar surface area (TPSA) is 86.7 Å². The molecule has 1 aliphatic heterocycles. The van der Waals surface area contributed by atoms with E-state index in [1.54, 1.807) is 17.0 Å². The summed E-state index contributed by atoms with van der Waals surface area (Å²) in [5, 5.41) is 8.66. The number of amides is 1. The number of aliphatic hydroxyl groups is 1. The van der Waals surface area contributed by atoms with Gasteiger partial charge in [-0.1, -0.05) is 0 Å². The molecule has 6 nitrogen and oxygen atoms in total. The Morgan fingerprint density at radius 3 is 2.84 bits per heavy atom. The van der Waals surface area contributed by atoms with E-state index < -0.39 is 10.0 Å². The number of nitrogens with zero attached hydrogens (tertiary/aromatic N) is 1. The first-order valence-electron chi connectivity index (χ1n) is 5.97. The van der Waals surface area contributed by atoms with Crippen molar-refractivity contribution in [1.29, 1.82) is 0 Å². The highest BCUT2D eigenvalue weighted by Crippen LogP contribution is 2.30. The summed E-state index contributed by atoms with van der Waals surface area (Å²) in [5.74, 6) is -0.0484. The molecule has 2 N–H and O–H groups in total. The first-order chi connectivity index (χ1) is 8.95.